The molecule has 160 valence electrons. The van der Waals surface area contributed by atoms with Crippen LogP contribution in [0.15, 0.2) is 12.1 Å². The minimum Gasteiger partial charge on any atom is -0.481 e. The van der Waals surface area contributed by atoms with Crippen LogP contribution in [0.2, 0.25) is 0 Å². The van der Waals surface area contributed by atoms with Gasteiger partial charge in [-0.1, -0.05) is 0 Å². The molecule has 2 saturated heterocycles. The predicted molar refractivity (Wildman–Crippen MR) is 104 cm³/mol. The van der Waals surface area contributed by atoms with E-state index < -0.39 is 29.9 Å². The number of aromatic nitrogens is 2. The van der Waals surface area contributed by atoms with Gasteiger partial charge in [-0.05, 0) is 25.0 Å². The van der Waals surface area contributed by atoms with Crippen molar-refractivity contribution in [2.75, 3.05) is 29.4 Å². The highest BCUT2D eigenvalue weighted by Gasteiger charge is 2.37. The van der Waals surface area contributed by atoms with E-state index in [0.29, 0.717) is 10.9 Å². The normalized spacial score (nSPS) is 19.3. The van der Waals surface area contributed by atoms with Gasteiger partial charge in [0.15, 0.2) is 5.82 Å². The second kappa shape index (κ2) is 7.22. The molecule has 0 saturated carbocycles. The molecule has 0 bridgehead atoms. The summed E-state index contributed by atoms with van der Waals surface area (Å²) in [6.07, 6.45) is -0.446. The molecule has 0 unspecified atom stereocenters. The second-order valence-corrected chi connectivity index (χ2v) is 7.73. The van der Waals surface area contributed by atoms with Crippen molar-refractivity contribution in [3.05, 3.63) is 17.9 Å². The molecule has 3 amide bonds. The number of anilines is 2. The van der Waals surface area contributed by atoms with Crippen molar-refractivity contribution in [1.29, 1.82) is 0 Å². The maximum absolute atomic E-state index is 15.0. The lowest BCUT2D eigenvalue weighted by Gasteiger charge is -2.37. The van der Waals surface area contributed by atoms with Crippen molar-refractivity contribution in [1.82, 2.24) is 15.1 Å². The first-order valence-electron chi connectivity index (χ1n) is 9.60. The summed E-state index contributed by atoms with van der Waals surface area (Å²) in [6, 6.07) is 2.27. The Labute approximate surface area is 170 Å². The Balaban J connectivity index is 1.62. The number of aryl methyl sites for hydroxylation is 1. The molecule has 2 aromatic rings. The van der Waals surface area contributed by atoms with Crippen LogP contribution in [0, 0.1) is 5.82 Å². The van der Waals surface area contributed by atoms with Gasteiger partial charge in [0.25, 0.3) is 0 Å². The van der Waals surface area contributed by atoms with Crippen molar-refractivity contribution in [2.24, 2.45) is 7.05 Å². The number of carbonyl (C=O) groups excluding carboxylic acids is 2. The number of nitrogens with one attached hydrogen (secondary N) is 1. The minimum absolute atomic E-state index is 0.00457. The van der Waals surface area contributed by atoms with Gasteiger partial charge in [0.2, 0.25) is 5.91 Å². The van der Waals surface area contributed by atoms with Crippen LogP contribution in [-0.4, -0.2) is 58.1 Å². The first-order valence-corrected chi connectivity index (χ1v) is 9.60. The third kappa shape index (κ3) is 3.55. The predicted octanol–water partition coefficient (Wildman–Crippen LogP) is 1.94. The smallest absolute Gasteiger partial charge is 0.329 e. The first-order chi connectivity index (χ1) is 14.2. The molecular weight excluding hydrogens is 400 g/mol. The van der Waals surface area contributed by atoms with E-state index in [1.807, 2.05) is 0 Å². The highest BCUT2D eigenvalue weighted by atomic mass is 19.1. The molecule has 2 aliphatic heterocycles. The van der Waals surface area contributed by atoms with Crippen LogP contribution in [0.3, 0.4) is 0 Å². The van der Waals surface area contributed by atoms with Crippen LogP contribution in [-0.2, 0) is 16.6 Å². The van der Waals surface area contributed by atoms with Crippen molar-refractivity contribution in [2.45, 2.75) is 31.4 Å². The standard InChI is InChI=1S/C19H21F2N5O4/c1-24-13-9-14(25-6-3-19(21,4-7-25)10-16(28)29)12(20)8-11(13)17(23-24)26-5-2-15(27)22-18(26)30/h8-9H,2-7,10H2,1H3,(H,28,29)(H,22,27,30). The maximum atomic E-state index is 15.0. The SMILES string of the molecule is Cn1nc(N2CCC(=O)NC2=O)c2cc(F)c(N3CCC(F)(CC(=O)O)CC3)cc21. The number of hydrogen-bond donors (Lipinski definition) is 2. The Hall–Kier alpha value is -3.24. The van der Waals surface area contributed by atoms with E-state index in [4.69, 9.17) is 5.11 Å². The second-order valence-electron chi connectivity index (χ2n) is 7.73. The molecule has 1 aromatic heterocycles. The van der Waals surface area contributed by atoms with Crippen LogP contribution < -0.4 is 15.1 Å². The Morgan fingerprint density at radius 3 is 2.60 bits per heavy atom. The monoisotopic (exact) mass is 421 g/mol. The highest BCUT2D eigenvalue weighted by molar-refractivity contribution is 6.09. The van der Waals surface area contributed by atoms with Crippen LogP contribution in [0.25, 0.3) is 10.9 Å². The zero-order valence-electron chi connectivity index (χ0n) is 16.3. The molecule has 9 nitrogen and oxygen atoms in total. The molecule has 4 rings (SSSR count). The average molecular weight is 421 g/mol. The average Bonchev–Trinajstić information content (AvgIpc) is 2.96. The van der Waals surface area contributed by atoms with Crippen molar-refractivity contribution >= 4 is 40.3 Å². The summed E-state index contributed by atoms with van der Waals surface area (Å²) < 4.78 is 31.1. The molecule has 2 aliphatic rings. The van der Waals surface area contributed by atoms with E-state index in [2.05, 4.69) is 10.4 Å². The van der Waals surface area contributed by atoms with Crippen LogP contribution in [0.5, 0.6) is 0 Å². The topological polar surface area (TPSA) is 108 Å². The number of carboxylic acid groups (broad SMARTS) is 1. The van der Waals surface area contributed by atoms with E-state index in [1.54, 1.807) is 18.0 Å². The fourth-order valence-electron chi connectivity index (χ4n) is 4.05. The third-order valence-electron chi connectivity index (χ3n) is 5.68. The number of fused-ring (bicyclic) bond motifs is 1. The molecule has 2 N–H and O–H groups in total. The summed E-state index contributed by atoms with van der Waals surface area (Å²) >= 11 is 0. The van der Waals surface area contributed by atoms with Crippen LogP contribution >= 0.6 is 0 Å². The minimum atomic E-state index is -1.79. The van der Waals surface area contributed by atoms with Crippen molar-refractivity contribution in [3.63, 3.8) is 0 Å². The zero-order chi connectivity index (χ0) is 21.6. The lowest BCUT2D eigenvalue weighted by atomic mass is 9.90. The molecule has 0 aliphatic carbocycles. The Morgan fingerprint density at radius 2 is 1.97 bits per heavy atom. The Morgan fingerprint density at radius 1 is 1.27 bits per heavy atom. The zero-order valence-corrected chi connectivity index (χ0v) is 16.3. The summed E-state index contributed by atoms with van der Waals surface area (Å²) in [5.41, 5.74) is -0.941. The molecule has 2 fully saturated rings. The van der Waals surface area contributed by atoms with E-state index >= 15 is 0 Å². The van der Waals surface area contributed by atoms with Gasteiger partial charge in [-0.2, -0.15) is 5.10 Å². The molecule has 3 heterocycles. The number of aliphatic carboxylic acids is 1. The summed E-state index contributed by atoms with van der Waals surface area (Å²) in [7, 11) is 1.66. The van der Waals surface area contributed by atoms with Gasteiger partial charge >= 0.3 is 12.0 Å². The van der Waals surface area contributed by atoms with Gasteiger partial charge in [-0.15, -0.1) is 0 Å². The number of piperidine rings is 1. The largest absolute Gasteiger partial charge is 0.481 e. The summed E-state index contributed by atoms with van der Waals surface area (Å²) in [6.45, 7) is 0.523. The van der Waals surface area contributed by atoms with E-state index in [0.717, 1.165) is 0 Å². The number of halogens is 2. The number of carbonyl (C=O) groups is 3. The number of amides is 3. The Kier molecular flexibility index (Phi) is 4.83. The molecule has 1 aromatic carbocycles. The fraction of sp³-hybridized carbons (Fsp3) is 0.474. The van der Waals surface area contributed by atoms with E-state index in [-0.39, 0.29) is 56.3 Å². The molecule has 0 atom stereocenters. The summed E-state index contributed by atoms with van der Waals surface area (Å²) in [4.78, 5) is 37.4. The first kappa shape index (κ1) is 20.0. The van der Waals surface area contributed by atoms with Crippen molar-refractivity contribution < 1.29 is 28.3 Å². The number of imide groups is 1. The maximum Gasteiger partial charge on any atom is 0.329 e. The number of nitrogens with zero attached hydrogens (tertiary/aromatic N) is 4. The van der Waals surface area contributed by atoms with Crippen LogP contribution in [0.4, 0.5) is 25.1 Å². The number of carboxylic acids is 1. The van der Waals surface area contributed by atoms with E-state index in [9.17, 15) is 23.2 Å². The lowest BCUT2D eigenvalue weighted by Crippen LogP contribution is -2.49. The number of benzene rings is 1. The number of alkyl halides is 1. The summed E-state index contributed by atoms with van der Waals surface area (Å²) in [5.74, 6) is -1.85. The molecule has 0 radical (unpaired) electrons. The number of hydrogen-bond acceptors (Lipinski definition) is 5. The highest BCUT2D eigenvalue weighted by Crippen LogP contribution is 2.36. The van der Waals surface area contributed by atoms with Gasteiger partial charge in [-0.25, -0.2) is 13.6 Å². The van der Waals surface area contributed by atoms with Gasteiger partial charge in [0.1, 0.15) is 11.5 Å². The molecule has 30 heavy (non-hydrogen) atoms. The van der Waals surface area contributed by atoms with Gasteiger partial charge in [-0.3, -0.25) is 24.5 Å². The third-order valence-corrected chi connectivity index (χ3v) is 5.68. The molecular formula is C19H21F2N5O4. The van der Waals surface area contributed by atoms with Gasteiger partial charge < -0.3 is 10.0 Å². The number of urea groups is 1. The van der Waals surface area contributed by atoms with Gasteiger partial charge in [0, 0.05) is 38.5 Å². The van der Waals surface area contributed by atoms with E-state index in [1.165, 1.54) is 15.6 Å². The quantitative estimate of drug-likeness (QED) is 0.781. The molecule has 11 heteroatoms. The van der Waals surface area contributed by atoms with Crippen LogP contribution in [0.1, 0.15) is 25.7 Å². The summed E-state index contributed by atoms with van der Waals surface area (Å²) in [5, 5.41) is 15.8. The Bertz CT molecular complexity index is 1050. The lowest BCUT2D eigenvalue weighted by molar-refractivity contribution is -0.140. The fourth-order valence-corrected chi connectivity index (χ4v) is 4.05. The van der Waals surface area contributed by atoms with Crippen molar-refractivity contribution in [3.8, 4) is 0 Å². The number of rotatable bonds is 4. The van der Waals surface area contributed by atoms with Gasteiger partial charge in [0.05, 0.1) is 17.6 Å². The molecule has 0 spiro atoms.